The van der Waals surface area contributed by atoms with Gasteiger partial charge in [0, 0.05) is 0 Å². The van der Waals surface area contributed by atoms with Gasteiger partial charge in [-0.25, -0.2) is 23.3 Å². The first-order valence-electron chi connectivity index (χ1n) is 10.4. The van der Waals surface area contributed by atoms with Crippen molar-refractivity contribution in [1.82, 2.24) is 0 Å². The molecule has 190 valence electrons. The molecule has 0 aromatic heterocycles. The fourth-order valence-corrected chi connectivity index (χ4v) is 2.86. The Hall–Kier alpha value is 0.640. The SMILES string of the molecule is CC(C)(C)C1=[C-]CC(C(C)(C)C)=C1.CC(C)(C)C1=[C-]CC(C(C)(C)C)=C1.Cl.Cl.[CH3-].[CH3-].[SiH2]=[Zr]. The topological polar surface area (TPSA) is 0 Å². The van der Waals surface area contributed by atoms with E-state index in [2.05, 4.69) is 107 Å². The van der Waals surface area contributed by atoms with Gasteiger partial charge in [0.25, 0.3) is 0 Å². The molecule has 0 amide bonds. The van der Waals surface area contributed by atoms with Crippen molar-refractivity contribution >= 4 is 31.7 Å². The number of allylic oxidation sites excluding steroid dienone is 8. The minimum absolute atomic E-state index is 0. The summed E-state index contributed by atoms with van der Waals surface area (Å²) in [6.45, 7) is 29.1. The van der Waals surface area contributed by atoms with Crippen LogP contribution in [-0.2, 0) is 23.3 Å². The molecular weight excluding hydrogens is 527 g/mol. The van der Waals surface area contributed by atoms with Crippen molar-refractivity contribution in [3.8, 4) is 0 Å². The predicted molar refractivity (Wildman–Crippen MR) is 153 cm³/mol. The second kappa shape index (κ2) is 16.3. The Morgan fingerprint density at radius 1 is 0.562 bits per heavy atom. The third kappa shape index (κ3) is 14.8. The van der Waals surface area contributed by atoms with Gasteiger partial charge in [0.05, 0.1) is 0 Å². The fraction of sp³-hybridized carbons (Fsp3) is 0.643. The van der Waals surface area contributed by atoms with Crippen LogP contribution in [-0.4, -0.2) is 6.88 Å². The third-order valence-corrected chi connectivity index (χ3v) is 5.12. The zero-order valence-electron chi connectivity index (χ0n) is 23.6. The predicted octanol–water partition coefficient (Wildman–Crippen LogP) is 9.10. The Morgan fingerprint density at radius 3 is 0.875 bits per heavy atom. The molecule has 2 aliphatic carbocycles. The van der Waals surface area contributed by atoms with Crippen LogP contribution >= 0.6 is 24.8 Å². The van der Waals surface area contributed by atoms with Gasteiger partial charge < -0.3 is 14.9 Å². The molecule has 0 radical (unpaired) electrons. The third-order valence-electron chi connectivity index (χ3n) is 5.12. The molecule has 0 nitrogen and oxygen atoms in total. The van der Waals surface area contributed by atoms with Crippen molar-refractivity contribution in [2.75, 3.05) is 0 Å². The molecule has 0 unspecified atom stereocenters. The summed E-state index contributed by atoms with van der Waals surface area (Å²) >= 11 is 1.58. The van der Waals surface area contributed by atoms with Gasteiger partial charge in [0.1, 0.15) is 0 Å². The van der Waals surface area contributed by atoms with Crippen LogP contribution in [0.4, 0.5) is 0 Å². The number of hydrogen-bond donors (Lipinski definition) is 0. The van der Waals surface area contributed by atoms with Crippen molar-refractivity contribution in [1.29, 1.82) is 0 Å². The molecule has 0 saturated carbocycles. The van der Waals surface area contributed by atoms with Gasteiger partial charge in [-0.05, 0) is 21.7 Å². The molecule has 0 bridgehead atoms. The van der Waals surface area contributed by atoms with E-state index in [9.17, 15) is 0 Å². The monoisotopic (exact) mass is 576 g/mol. The van der Waals surface area contributed by atoms with E-state index < -0.39 is 0 Å². The average molecular weight is 579 g/mol. The van der Waals surface area contributed by atoms with E-state index in [1.165, 1.54) is 22.3 Å². The van der Waals surface area contributed by atoms with Crippen LogP contribution in [0.2, 0.25) is 0 Å². The van der Waals surface area contributed by atoms with Crippen LogP contribution < -0.4 is 0 Å². The quantitative estimate of drug-likeness (QED) is 0.199. The minimum atomic E-state index is 0. The van der Waals surface area contributed by atoms with E-state index >= 15 is 0 Å². The van der Waals surface area contributed by atoms with Gasteiger partial charge in [-0.1, -0.05) is 83.1 Å². The maximum absolute atomic E-state index is 3.48. The zero-order chi connectivity index (χ0) is 22.6. The van der Waals surface area contributed by atoms with Crippen LogP contribution in [0.1, 0.15) is 95.9 Å². The van der Waals surface area contributed by atoms with Crippen LogP contribution in [0, 0.1) is 48.7 Å². The molecule has 4 heteroatoms. The van der Waals surface area contributed by atoms with E-state index in [0.29, 0.717) is 10.8 Å². The van der Waals surface area contributed by atoms with E-state index in [1.807, 2.05) is 6.88 Å². The van der Waals surface area contributed by atoms with Crippen LogP contribution in [0.3, 0.4) is 0 Å². The summed E-state index contributed by atoms with van der Waals surface area (Å²) in [4.78, 5) is 0. The standard InChI is InChI=1S/2C13H21.2CH3.2ClH.H2Si.Zr/c2*1-12(2,3)10-7-8-11(9-10)13(4,5)6;;;;;;/h2*9H,7H2,1-6H3;2*1H3;2*1H;1H2;/q4*-1;;;;. The average Bonchev–Trinajstić information content (AvgIpc) is 3.17. The summed E-state index contributed by atoms with van der Waals surface area (Å²) in [6, 6.07) is 0. The second-order valence-electron chi connectivity index (χ2n) is 11.9. The zero-order valence-corrected chi connectivity index (χ0v) is 29.1. The number of halogens is 2. The van der Waals surface area contributed by atoms with Gasteiger partial charge in [0.15, 0.2) is 0 Å². The second-order valence-corrected chi connectivity index (χ2v) is 11.9. The van der Waals surface area contributed by atoms with Gasteiger partial charge >= 0.3 is 30.2 Å². The number of rotatable bonds is 0. The Morgan fingerprint density at radius 2 is 0.781 bits per heavy atom. The Labute approximate surface area is 232 Å². The summed E-state index contributed by atoms with van der Waals surface area (Å²) in [6.07, 6.45) is 13.7. The Balaban J connectivity index is -0.000000126. The van der Waals surface area contributed by atoms with Crippen molar-refractivity contribution in [3.05, 3.63) is 61.4 Å². The van der Waals surface area contributed by atoms with E-state index in [1.54, 1.807) is 23.3 Å². The summed E-state index contributed by atoms with van der Waals surface area (Å²) in [5.74, 6) is 0. The molecule has 0 atom stereocenters. The normalized spacial score (nSPS) is 15.2. The molecule has 0 saturated heterocycles. The summed E-state index contributed by atoms with van der Waals surface area (Å²) in [5.41, 5.74) is 6.89. The van der Waals surface area contributed by atoms with Crippen LogP contribution in [0.5, 0.6) is 0 Å². The van der Waals surface area contributed by atoms with Crippen LogP contribution in [0.25, 0.3) is 0 Å². The van der Waals surface area contributed by atoms with E-state index in [4.69, 9.17) is 0 Å². The van der Waals surface area contributed by atoms with Gasteiger partial charge in [-0.3, -0.25) is 12.2 Å². The van der Waals surface area contributed by atoms with E-state index in [-0.39, 0.29) is 50.5 Å². The van der Waals surface area contributed by atoms with Crippen molar-refractivity contribution in [3.63, 3.8) is 0 Å². The first-order valence-corrected chi connectivity index (χ1v) is 16.3. The summed E-state index contributed by atoms with van der Waals surface area (Å²) in [5, 5.41) is 0. The Kier molecular flexibility index (Phi) is 21.8. The Bertz CT molecular complexity index is 598. The summed E-state index contributed by atoms with van der Waals surface area (Å²) < 4.78 is 0. The fourth-order valence-electron chi connectivity index (χ4n) is 2.86. The maximum atomic E-state index is 3.48. The van der Waals surface area contributed by atoms with Crippen molar-refractivity contribution < 1.29 is 23.3 Å². The molecule has 0 N–H and O–H groups in total. The molecule has 32 heavy (non-hydrogen) atoms. The first-order chi connectivity index (χ1) is 12.4. The molecule has 0 spiro atoms. The van der Waals surface area contributed by atoms with Gasteiger partial charge in [-0.2, -0.15) is 11.1 Å². The molecule has 0 aromatic rings. The molecule has 0 aromatic carbocycles. The van der Waals surface area contributed by atoms with Crippen LogP contribution in [0.15, 0.2) is 34.4 Å². The molecule has 0 fully saturated rings. The van der Waals surface area contributed by atoms with E-state index in [0.717, 1.165) is 12.8 Å². The molecular formula is C28H52Cl2SiZr-4. The molecule has 2 aliphatic rings. The molecule has 0 aliphatic heterocycles. The van der Waals surface area contributed by atoms with Gasteiger partial charge in [-0.15, -0.1) is 37.7 Å². The summed E-state index contributed by atoms with van der Waals surface area (Å²) in [7, 11) is 0. The molecule has 2 rings (SSSR count). The number of hydrogen-bond acceptors (Lipinski definition) is 0. The van der Waals surface area contributed by atoms with Crippen molar-refractivity contribution in [2.45, 2.75) is 95.9 Å². The van der Waals surface area contributed by atoms with Crippen molar-refractivity contribution in [2.24, 2.45) is 21.7 Å². The van der Waals surface area contributed by atoms with Gasteiger partial charge in [0.2, 0.25) is 0 Å². The first kappa shape index (κ1) is 42.8. The molecule has 0 heterocycles.